The highest BCUT2D eigenvalue weighted by Crippen LogP contribution is 2.20. The van der Waals surface area contributed by atoms with E-state index in [-0.39, 0.29) is 0 Å². The quantitative estimate of drug-likeness (QED) is 0.845. The van der Waals surface area contributed by atoms with Crippen molar-refractivity contribution in [3.8, 4) is 0 Å². The minimum atomic E-state index is 0.521. The smallest absolute Gasteiger partial charge is 0.107 e. The van der Waals surface area contributed by atoms with E-state index in [0.29, 0.717) is 13.2 Å². The van der Waals surface area contributed by atoms with Crippen LogP contribution in [-0.4, -0.2) is 11.0 Å². The fourth-order valence-corrected chi connectivity index (χ4v) is 2.82. The Morgan fingerprint density at radius 3 is 2.95 bits per heavy atom. The third-order valence-corrected chi connectivity index (χ3v) is 4.45. The molecule has 0 radical (unpaired) electrons. The van der Waals surface area contributed by atoms with Gasteiger partial charge in [-0.2, -0.15) is 0 Å². The minimum absolute atomic E-state index is 0.521. The number of nitrogens with zero attached hydrogens (tertiary/aromatic N) is 1. The van der Waals surface area contributed by atoms with Gasteiger partial charge in [-0.25, -0.2) is 4.98 Å². The lowest BCUT2D eigenvalue weighted by Crippen LogP contribution is -2.15. The number of thiazole rings is 1. The molecule has 106 valence electrons. The molecule has 1 aliphatic carbocycles. The highest BCUT2D eigenvalue weighted by molar-refractivity contribution is 7.09. The Balaban J connectivity index is 1.45. The molecule has 5 heteroatoms. The monoisotopic (exact) mass is 308 g/mol. The second-order valence-corrected chi connectivity index (χ2v) is 6.32. The minimum Gasteiger partial charge on any atom is -0.370 e. The standard InChI is InChI=1S/C15H17ClN2OS/c16-14-4-2-1-3-11(14)8-19-9-13-10-20-15(18-13)7-17-12-5-6-12/h1-4,10,12,17H,5-9H2. The van der Waals surface area contributed by atoms with E-state index in [1.807, 2.05) is 24.3 Å². The van der Waals surface area contributed by atoms with Crippen molar-refractivity contribution in [2.75, 3.05) is 0 Å². The highest BCUT2D eigenvalue weighted by atomic mass is 35.5. The van der Waals surface area contributed by atoms with Crippen molar-refractivity contribution in [1.29, 1.82) is 0 Å². The van der Waals surface area contributed by atoms with Gasteiger partial charge in [-0.05, 0) is 24.5 Å². The van der Waals surface area contributed by atoms with Crippen LogP contribution >= 0.6 is 22.9 Å². The van der Waals surface area contributed by atoms with E-state index in [1.54, 1.807) is 11.3 Å². The van der Waals surface area contributed by atoms with Crippen LogP contribution in [0.1, 0.15) is 29.1 Å². The summed E-state index contributed by atoms with van der Waals surface area (Å²) < 4.78 is 5.68. The van der Waals surface area contributed by atoms with E-state index >= 15 is 0 Å². The van der Waals surface area contributed by atoms with Crippen LogP contribution in [-0.2, 0) is 24.5 Å². The van der Waals surface area contributed by atoms with Gasteiger partial charge in [-0.3, -0.25) is 0 Å². The van der Waals surface area contributed by atoms with Crippen LogP contribution in [0.15, 0.2) is 29.6 Å². The first-order valence-electron chi connectivity index (χ1n) is 6.79. The summed E-state index contributed by atoms with van der Waals surface area (Å²) in [5.41, 5.74) is 2.01. The lowest BCUT2D eigenvalue weighted by Gasteiger charge is -2.04. The summed E-state index contributed by atoms with van der Waals surface area (Å²) in [4.78, 5) is 4.56. The molecule has 0 saturated heterocycles. The Bertz CT molecular complexity index is 569. The fraction of sp³-hybridized carbons (Fsp3) is 0.400. The molecule has 0 atom stereocenters. The number of nitrogens with one attached hydrogen (secondary N) is 1. The summed E-state index contributed by atoms with van der Waals surface area (Å²) in [5.74, 6) is 0. The lowest BCUT2D eigenvalue weighted by molar-refractivity contribution is 0.105. The maximum Gasteiger partial charge on any atom is 0.107 e. The van der Waals surface area contributed by atoms with E-state index in [1.165, 1.54) is 12.8 Å². The van der Waals surface area contributed by atoms with Crippen molar-refractivity contribution >= 4 is 22.9 Å². The third kappa shape index (κ3) is 4.03. The van der Waals surface area contributed by atoms with Crippen molar-refractivity contribution in [3.63, 3.8) is 0 Å². The van der Waals surface area contributed by atoms with E-state index in [9.17, 15) is 0 Å². The van der Waals surface area contributed by atoms with Crippen LogP contribution in [0.5, 0.6) is 0 Å². The summed E-state index contributed by atoms with van der Waals surface area (Å²) in [6, 6.07) is 8.47. The molecule has 0 unspecified atom stereocenters. The molecule has 0 aliphatic heterocycles. The van der Waals surface area contributed by atoms with Crippen LogP contribution in [0, 0.1) is 0 Å². The lowest BCUT2D eigenvalue weighted by atomic mass is 10.2. The van der Waals surface area contributed by atoms with Crippen LogP contribution in [0.4, 0.5) is 0 Å². The first kappa shape index (κ1) is 14.0. The molecule has 0 spiro atoms. The second kappa shape index (κ2) is 6.68. The summed E-state index contributed by atoms with van der Waals surface area (Å²) in [5, 5.41) is 7.41. The first-order valence-corrected chi connectivity index (χ1v) is 8.05. The van der Waals surface area contributed by atoms with Crippen molar-refractivity contribution in [3.05, 3.63) is 50.9 Å². The van der Waals surface area contributed by atoms with Gasteiger partial charge in [-0.1, -0.05) is 29.8 Å². The predicted octanol–water partition coefficient (Wildman–Crippen LogP) is 3.77. The molecule has 1 saturated carbocycles. The number of benzene rings is 1. The van der Waals surface area contributed by atoms with Crippen molar-refractivity contribution in [2.24, 2.45) is 0 Å². The molecule has 20 heavy (non-hydrogen) atoms. The van der Waals surface area contributed by atoms with Crippen molar-refractivity contribution in [2.45, 2.75) is 38.6 Å². The molecular formula is C15H17ClN2OS. The van der Waals surface area contributed by atoms with Gasteiger partial charge in [-0.15, -0.1) is 11.3 Å². The molecule has 0 bridgehead atoms. The normalized spacial score (nSPS) is 14.7. The highest BCUT2D eigenvalue weighted by Gasteiger charge is 2.20. The summed E-state index contributed by atoms with van der Waals surface area (Å²) in [6.07, 6.45) is 2.61. The Morgan fingerprint density at radius 1 is 1.30 bits per heavy atom. The zero-order valence-electron chi connectivity index (χ0n) is 11.1. The molecule has 1 heterocycles. The Hall–Kier alpha value is -0.940. The predicted molar refractivity (Wildman–Crippen MR) is 81.9 cm³/mol. The zero-order chi connectivity index (χ0) is 13.8. The molecule has 0 amide bonds. The summed E-state index contributed by atoms with van der Waals surface area (Å²) >= 11 is 7.77. The average molecular weight is 309 g/mol. The van der Waals surface area contributed by atoms with E-state index < -0.39 is 0 Å². The topological polar surface area (TPSA) is 34.1 Å². The van der Waals surface area contributed by atoms with E-state index in [0.717, 1.165) is 33.9 Å². The largest absolute Gasteiger partial charge is 0.370 e. The number of rotatable bonds is 7. The fourth-order valence-electron chi connectivity index (χ4n) is 1.90. The third-order valence-electron chi connectivity index (χ3n) is 3.18. The van der Waals surface area contributed by atoms with Gasteiger partial charge in [0.1, 0.15) is 5.01 Å². The number of hydrogen-bond donors (Lipinski definition) is 1. The zero-order valence-corrected chi connectivity index (χ0v) is 12.7. The molecule has 1 aromatic carbocycles. The first-order chi connectivity index (χ1) is 9.81. The van der Waals surface area contributed by atoms with Crippen LogP contribution in [0.3, 0.4) is 0 Å². The van der Waals surface area contributed by atoms with Gasteiger partial charge in [0.05, 0.1) is 18.9 Å². The average Bonchev–Trinajstić information content (AvgIpc) is 3.18. The number of hydrogen-bond acceptors (Lipinski definition) is 4. The van der Waals surface area contributed by atoms with Gasteiger partial charge in [0.15, 0.2) is 0 Å². The molecule has 1 aromatic heterocycles. The van der Waals surface area contributed by atoms with Gasteiger partial charge in [0.2, 0.25) is 0 Å². The molecule has 2 aromatic rings. The van der Waals surface area contributed by atoms with Gasteiger partial charge >= 0.3 is 0 Å². The van der Waals surface area contributed by atoms with Crippen molar-refractivity contribution < 1.29 is 4.74 Å². The summed E-state index contributed by atoms with van der Waals surface area (Å²) in [7, 11) is 0. The Labute approximate surface area is 127 Å². The van der Waals surface area contributed by atoms with Gasteiger partial charge in [0, 0.05) is 23.0 Å². The van der Waals surface area contributed by atoms with E-state index in [4.69, 9.17) is 16.3 Å². The Morgan fingerprint density at radius 2 is 2.15 bits per heavy atom. The molecular weight excluding hydrogens is 292 g/mol. The maximum absolute atomic E-state index is 6.09. The van der Waals surface area contributed by atoms with Crippen LogP contribution in [0.25, 0.3) is 0 Å². The molecule has 1 aliphatic rings. The number of halogens is 1. The van der Waals surface area contributed by atoms with Crippen LogP contribution < -0.4 is 5.32 Å². The molecule has 1 fully saturated rings. The second-order valence-electron chi connectivity index (χ2n) is 4.97. The SMILES string of the molecule is Clc1ccccc1COCc1csc(CNC2CC2)n1. The van der Waals surface area contributed by atoms with Crippen LogP contribution in [0.2, 0.25) is 5.02 Å². The van der Waals surface area contributed by atoms with Gasteiger partial charge < -0.3 is 10.1 Å². The number of ether oxygens (including phenoxy) is 1. The van der Waals surface area contributed by atoms with Crippen molar-refractivity contribution in [1.82, 2.24) is 10.3 Å². The van der Waals surface area contributed by atoms with E-state index in [2.05, 4.69) is 15.7 Å². The molecule has 3 rings (SSSR count). The Kier molecular flexibility index (Phi) is 4.68. The molecule has 1 N–H and O–H groups in total. The number of aromatic nitrogens is 1. The van der Waals surface area contributed by atoms with Gasteiger partial charge in [0.25, 0.3) is 0 Å². The molecule has 3 nitrogen and oxygen atoms in total. The maximum atomic E-state index is 6.09. The summed E-state index contributed by atoms with van der Waals surface area (Å²) in [6.45, 7) is 1.93.